The summed E-state index contributed by atoms with van der Waals surface area (Å²) in [5, 5.41) is 5.44. The molecule has 2 heterocycles. The largest absolute Gasteiger partial charge is 0.462 e. The Hall–Kier alpha value is -2.96. The van der Waals surface area contributed by atoms with Crippen LogP contribution in [0.5, 0.6) is 0 Å². The van der Waals surface area contributed by atoms with Gasteiger partial charge in [0.2, 0.25) is 5.91 Å². The monoisotopic (exact) mass is 462 g/mol. The van der Waals surface area contributed by atoms with Crippen LogP contribution in [0.3, 0.4) is 0 Å². The second-order valence-electron chi connectivity index (χ2n) is 8.52. The predicted molar refractivity (Wildman–Crippen MR) is 135 cm³/mol. The third-order valence-electron chi connectivity index (χ3n) is 6.07. The van der Waals surface area contributed by atoms with Gasteiger partial charge in [-0.2, -0.15) is 0 Å². The Morgan fingerprint density at radius 1 is 1.00 bits per heavy atom. The number of piperidine rings is 1. The maximum Gasteiger partial charge on any atom is 0.341 e. The van der Waals surface area contributed by atoms with E-state index in [-0.39, 0.29) is 12.5 Å². The van der Waals surface area contributed by atoms with Gasteiger partial charge in [-0.15, -0.1) is 11.3 Å². The number of benzene rings is 2. The number of nitrogens with one attached hydrogen (secondary N) is 1. The Balaban J connectivity index is 1.55. The van der Waals surface area contributed by atoms with Crippen molar-refractivity contribution in [1.29, 1.82) is 0 Å². The van der Waals surface area contributed by atoms with Crippen molar-refractivity contribution < 1.29 is 14.3 Å². The molecule has 1 amide bonds. The molecule has 1 N–H and O–H groups in total. The van der Waals surface area contributed by atoms with Crippen LogP contribution in [0.15, 0.2) is 60.0 Å². The van der Waals surface area contributed by atoms with Crippen molar-refractivity contribution in [3.05, 3.63) is 65.5 Å². The van der Waals surface area contributed by atoms with Crippen molar-refractivity contribution >= 4 is 28.2 Å². The number of hydrogen-bond donors (Lipinski definition) is 1. The first-order valence-corrected chi connectivity index (χ1v) is 12.4. The summed E-state index contributed by atoms with van der Waals surface area (Å²) >= 11 is 1.37. The van der Waals surface area contributed by atoms with E-state index in [1.54, 1.807) is 6.92 Å². The summed E-state index contributed by atoms with van der Waals surface area (Å²) in [6.07, 6.45) is 2.23. The van der Waals surface area contributed by atoms with Crippen molar-refractivity contribution in [3.63, 3.8) is 0 Å². The average molecular weight is 463 g/mol. The van der Waals surface area contributed by atoms with Crippen LogP contribution in [0.1, 0.15) is 37.0 Å². The molecule has 3 aromatic rings. The topological polar surface area (TPSA) is 58.6 Å². The zero-order valence-electron chi connectivity index (χ0n) is 19.2. The van der Waals surface area contributed by atoms with Crippen LogP contribution in [-0.4, -0.2) is 43.0 Å². The molecule has 33 heavy (non-hydrogen) atoms. The molecule has 6 heteroatoms. The molecule has 0 aliphatic carbocycles. The number of amides is 1. The van der Waals surface area contributed by atoms with Gasteiger partial charge in [0.15, 0.2) is 0 Å². The first kappa shape index (κ1) is 23.2. The first-order valence-electron chi connectivity index (χ1n) is 11.5. The predicted octanol–water partition coefficient (Wildman–Crippen LogP) is 5.93. The Labute approximate surface area is 199 Å². The number of rotatable bonds is 7. The van der Waals surface area contributed by atoms with Gasteiger partial charge in [0.1, 0.15) is 10.6 Å². The molecule has 4 rings (SSSR count). The molecule has 0 spiro atoms. The lowest BCUT2D eigenvalue weighted by atomic mass is 9.99. The van der Waals surface area contributed by atoms with Gasteiger partial charge in [-0.25, -0.2) is 4.79 Å². The third-order valence-corrected chi connectivity index (χ3v) is 6.97. The number of ether oxygens (including phenoxy) is 1. The van der Waals surface area contributed by atoms with Crippen LogP contribution >= 0.6 is 11.3 Å². The summed E-state index contributed by atoms with van der Waals surface area (Å²) in [6, 6.07) is 18.3. The van der Waals surface area contributed by atoms with Gasteiger partial charge < -0.3 is 10.1 Å². The molecular weight excluding hydrogens is 432 g/mol. The summed E-state index contributed by atoms with van der Waals surface area (Å²) in [5.74, 6) is 0.207. The standard InChI is InChI=1S/C27H30N2O3S/c1-3-32-27(31)25-23(22-11-9-21(10-12-22)20-7-5-4-6-8-20)18-33-26(25)28-24(30)17-29-15-13-19(2)14-16-29/h4-12,18-19H,3,13-17H2,1-2H3,(H,28,30). The van der Waals surface area contributed by atoms with Crippen LogP contribution in [-0.2, 0) is 9.53 Å². The Bertz CT molecular complexity index is 1080. The molecule has 0 bridgehead atoms. The van der Waals surface area contributed by atoms with Crippen molar-refractivity contribution in [3.8, 4) is 22.3 Å². The van der Waals surface area contributed by atoms with Gasteiger partial charge in [0.25, 0.3) is 0 Å². The molecule has 2 aromatic carbocycles. The molecule has 0 atom stereocenters. The highest BCUT2D eigenvalue weighted by Crippen LogP contribution is 2.37. The highest BCUT2D eigenvalue weighted by molar-refractivity contribution is 7.15. The van der Waals surface area contributed by atoms with Crippen LogP contribution in [0.2, 0.25) is 0 Å². The number of likely N-dealkylation sites (tertiary alicyclic amines) is 1. The molecule has 172 valence electrons. The molecule has 1 aliphatic heterocycles. The molecule has 1 aromatic heterocycles. The number of hydrogen-bond acceptors (Lipinski definition) is 5. The minimum Gasteiger partial charge on any atom is -0.462 e. The lowest BCUT2D eigenvalue weighted by Crippen LogP contribution is -2.38. The molecular formula is C27H30N2O3S. The number of anilines is 1. The van der Waals surface area contributed by atoms with Crippen molar-refractivity contribution in [2.75, 3.05) is 31.6 Å². The van der Waals surface area contributed by atoms with Crippen molar-refractivity contribution in [2.24, 2.45) is 5.92 Å². The van der Waals surface area contributed by atoms with E-state index in [4.69, 9.17) is 4.74 Å². The highest BCUT2D eigenvalue weighted by atomic mass is 32.1. The van der Waals surface area contributed by atoms with Crippen LogP contribution in [0.4, 0.5) is 5.00 Å². The maximum absolute atomic E-state index is 12.8. The smallest absolute Gasteiger partial charge is 0.341 e. The van der Waals surface area contributed by atoms with E-state index >= 15 is 0 Å². The summed E-state index contributed by atoms with van der Waals surface area (Å²) in [5.41, 5.74) is 4.37. The maximum atomic E-state index is 12.8. The number of nitrogens with zero attached hydrogens (tertiary/aromatic N) is 1. The molecule has 0 unspecified atom stereocenters. The summed E-state index contributed by atoms with van der Waals surface area (Å²) in [7, 11) is 0. The van der Waals surface area contributed by atoms with E-state index < -0.39 is 5.97 Å². The number of carbonyl (C=O) groups is 2. The zero-order valence-corrected chi connectivity index (χ0v) is 20.0. The molecule has 0 saturated carbocycles. The van der Waals surface area contributed by atoms with E-state index in [0.29, 0.717) is 23.0 Å². The summed E-state index contributed by atoms with van der Waals surface area (Å²) in [4.78, 5) is 27.8. The Morgan fingerprint density at radius 2 is 1.64 bits per heavy atom. The van der Waals surface area contributed by atoms with Crippen LogP contribution in [0.25, 0.3) is 22.3 Å². The first-order chi connectivity index (χ1) is 16.0. The van der Waals surface area contributed by atoms with E-state index in [0.717, 1.165) is 48.2 Å². The second kappa shape index (κ2) is 10.8. The quantitative estimate of drug-likeness (QED) is 0.442. The molecule has 1 fully saturated rings. The SMILES string of the molecule is CCOC(=O)c1c(-c2ccc(-c3ccccc3)cc2)csc1NC(=O)CN1CCC(C)CC1. The normalized spacial score (nSPS) is 14.7. The average Bonchev–Trinajstić information content (AvgIpc) is 3.25. The number of carbonyl (C=O) groups excluding carboxylic acids is 2. The van der Waals surface area contributed by atoms with E-state index in [1.807, 2.05) is 47.8 Å². The van der Waals surface area contributed by atoms with Gasteiger partial charge in [0.05, 0.1) is 13.2 Å². The second-order valence-corrected chi connectivity index (χ2v) is 9.40. The summed E-state index contributed by atoms with van der Waals surface area (Å²) in [6.45, 7) is 6.52. The van der Waals surface area contributed by atoms with Gasteiger partial charge >= 0.3 is 5.97 Å². The third kappa shape index (κ3) is 5.70. The Kier molecular flexibility index (Phi) is 7.57. The van der Waals surface area contributed by atoms with Crippen molar-refractivity contribution in [2.45, 2.75) is 26.7 Å². The minimum absolute atomic E-state index is 0.0945. The molecule has 1 aliphatic rings. The summed E-state index contributed by atoms with van der Waals surface area (Å²) < 4.78 is 5.33. The van der Waals surface area contributed by atoms with Gasteiger partial charge in [-0.05, 0) is 55.5 Å². The van der Waals surface area contributed by atoms with Crippen LogP contribution in [0, 0.1) is 5.92 Å². The van der Waals surface area contributed by atoms with E-state index in [9.17, 15) is 9.59 Å². The number of thiophene rings is 1. The zero-order chi connectivity index (χ0) is 23.2. The number of esters is 1. The van der Waals surface area contributed by atoms with Crippen LogP contribution < -0.4 is 5.32 Å². The molecule has 1 saturated heterocycles. The van der Waals surface area contributed by atoms with Gasteiger partial charge in [-0.3, -0.25) is 9.69 Å². The van der Waals surface area contributed by atoms with Gasteiger partial charge in [0, 0.05) is 10.9 Å². The highest BCUT2D eigenvalue weighted by Gasteiger charge is 2.24. The molecule has 5 nitrogen and oxygen atoms in total. The fourth-order valence-corrected chi connectivity index (χ4v) is 5.10. The lowest BCUT2D eigenvalue weighted by molar-refractivity contribution is -0.117. The van der Waals surface area contributed by atoms with Crippen molar-refractivity contribution in [1.82, 2.24) is 4.90 Å². The lowest BCUT2D eigenvalue weighted by Gasteiger charge is -2.29. The van der Waals surface area contributed by atoms with E-state index in [1.165, 1.54) is 11.3 Å². The van der Waals surface area contributed by atoms with Gasteiger partial charge in [-0.1, -0.05) is 61.5 Å². The fourth-order valence-electron chi connectivity index (χ4n) is 4.13. The fraction of sp³-hybridized carbons (Fsp3) is 0.333. The van der Waals surface area contributed by atoms with E-state index in [2.05, 4.69) is 29.3 Å². The molecule has 0 radical (unpaired) electrons. The minimum atomic E-state index is -0.414. The Morgan fingerprint density at radius 3 is 2.30 bits per heavy atom.